The minimum atomic E-state index is -0.835. The molecule has 7 nitrogen and oxygen atoms in total. The summed E-state index contributed by atoms with van der Waals surface area (Å²) >= 11 is 0. The van der Waals surface area contributed by atoms with E-state index in [1.54, 1.807) is 32.6 Å². The van der Waals surface area contributed by atoms with Gasteiger partial charge in [-0.3, -0.25) is 9.59 Å². The maximum Gasteiger partial charge on any atom is 0.408 e. The highest BCUT2D eigenvalue weighted by Gasteiger charge is 2.34. The van der Waals surface area contributed by atoms with E-state index in [1.165, 1.54) is 0 Å². The van der Waals surface area contributed by atoms with Gasteiger partial charge in [-0.25, -0.2) is 4.79 Å². The molecule has 180 valence electrons. The average molecular weight is 448 g/mol. The summed E-state index contributed by atoms with van der Waals surface area (Å²) in [5.41, 5.74) is 1.15. The lowest BCUT2D eigenvalue weighted by Gasteiger charge is -2.33. The van der Waals surface area contributed by atoms with E-state index in [9.17, 15) is 14.4 Å². The van der Waals surface area contributed by atoms with E-state index in [1.807, 2.05) is 38.1 Å². The number of ether oxygens (including phenoxy) is 1. The number of amides is 3. The summed E-state index contributed by atoms with van der Waals surface area (Å²) in [6.07, 6.45) is 2.79. The van der Waals surface area contributed by atoms with Gasteiger partial charge in [0.15, 0.2) is 0 Å². The third-order valence-corrected chi connectivity index (χ3v) is 4.92. The van der Waals surface area contributed by atoms with E-state index < -0.39 is 23.8 Å². The van der Waals surface area contributed by atoms with Crippen LogP contribution < -0.4 is 10.6 Å². The van der Waals surface area contributed by atoms with Gasteiger partial charge in [0.2, 0.25) is 11.8 Å². The van der Waals surface area contributed by atoms with Crippen LogP contribution in [0.4, 0.5) is 4.79 Å². The molecule has 2 N–H and O–H groups in total. The largest absolute Gasteiger partial charge is 0.444 e. The van der Waals surface area contributed by atoms with Gasteiger partial charge in [0.1, 0.15) is 17.7 Å². The Morgan fingerprint density at radius 2 is 1.62 bits per heavy atom. The molecule has 0 fully saturated rings. The van der Waals surface area contributed by atoms with Gasteiger partial charge in [-0.1, -0.05) is 56.5 Å². The fourth-order valence-corrected chi connectivity index (χ4v) is 3.20. The van der Waals surface area contributed by atoms with Crippen molar-refractivity contribution in [1.29, 1.82) is 0 Å². The summed E-state index contributed by atoms with van der Waals surface area (Å²) in [5.74, 6) is -0.531. The smallest absolute Gasteiger partial charge is 0.408 e. The van der Waals surface area contributed by atoms with E-state index in [0.717, 1.165) is 36.8 Å². The molecular weight excluding hydrogens is 406 g/mol. The van der Waals surface area contributed by atoms with Crippen molar-refractivity contribution in [1.82, 2.24) is 15.5 Å². The number of nitrogens with zero attached hydrogens (tertiary/aromatic N) is 1. The molecule has 0 aliphatic heterocycles. The molecule has 7 heteroatoms. The van der Waals surface area contributed by atoms with Crippen molar-refractivity contribution in [3.05, 3.63) is 35.4 Å². The van der Waals surface area contributed by atoms with Crippen molar-refractivity contribution >= 4 is 17.9 Å². The number of nitrogens with one attached hydrogen (secondary N) is 2. The van der Waals surface area contributed by atoms with Crippen LogP contribution in [-0.4, -0.2) is 47.5 Å². The zero-order valence-corrected chi connectivity index (χ0v) is 20.8. The molecule has 0 saturated carbocycles. The van der Waals surface area contributed by atoms with Crippen molar-refractivity contribution in [2.24, 2.45) is 0 Å². The Hall–Kier alpha value is -2.57. The number of unbranched alkanes of at least 4 members (excludes halogenated alkanes) is 2. The van der Waals surface area contributed by atoms with Crippen molar-refractivity contribution < 1.29 is 19.1 Å². The van der Waals surface area contributed by atoms with Crippen LogP contribution in [0.5, 0.6) is 0 Å². The second-order valence-electron chi connectivity index (χ2n) is 9.21. The van der Waals surface area contributed by atoms with Crippen LogP contribution >= 0.6 is 0 Å². The molecule has 1 aromatic rings. The van der Waals surface area contributed by atoms with Crippen LogP contribution in [0.3, 0.4) is 0 Å². The predicted molar refractivity (Wildman–Crippen MR) is 127 cm³/mol. The first-order chi connectivity index (χ1) is 15.0. The van der Waals surface area contributed by atoms with Crippen molar-refractivity contribution in [3.63, 3.8) is 0 Å². The second-order valence-corrected chi connectivity index (χ2v) is 9.21. The number of rotatable bonds is 11. The lowest BCUT2D eigenvalue weighted by Crippen LogP contribution is -2.52. The van der Waals surface area contributed by atoms with Crippen LogP contribution in [0.2, 0.25) is 0 Å². The number of alkyl carbamates (subject to hydrolysis) is 1. The predicted octanol–water partition coefficient (Wildman–Crippen LogP) is 4.49. The van der Waals surface area contributed by atoms with Crippen LogP contribution in [0, 0.1) is 6.92 Å². The Labute approximate surface area is 193 Å². The number of aryl methyl sites for hydroxylation is 1. The number of benzene rings is 1. The van der Waals surface area contributed by atoms with E-state index in [-0.39, 0.29) is 11.8 Å². The molecule has 1 aromatic carbocycles. The lowest BCUT2D eigenvalue weighted by molar-refractivity contribution is -0.142. The molecule has 0 aliphatic carbocycles. The molecule has 1 rings (SSSR count). The van der Waals surface area contributed by atoms with Crippen LogP contribution in [0.15, 0.2) is 24.3 Å². The molecule has 2 atom stereocenters. The Bertz CT molecular complexity index is 741. The summed E-state index contributed by atoms with van der Waals surface area (Å²) < 4.78 is 5.29. The first-order valence-electron chi connectivity index (χ1n) is 11.6. The van der Waals surface area contributed by atoms with Gasteiger partial charge >= 0.3 is 6.09 Å². The van der Waals surface area contributed by atoms with Crippen molar-refractivity contribution in [2.75, 3.05) is 13.1 Å². The summed E-state index contributed by atoms with van der Waals surface area (Å²) in [6.45, 7) is 14.0. The van der Waals surface area contributed by atoms with Gasteiger partial charge in [0.25, 0.3) is 0 Å². The molecule has 0 bridgehead atoms. The molecule has 2 unspecified atom stereocenters. The Balaban J connectivity index is 3.20. The number of carbonyl (C=O) groups is 3. The van der Waals surface area contributed by atoms with Gasteiger partial charge in [0, 0.05) is 13.1 Å². The van der Waals surface area contributed by atoms with Gasteiger partial charge in [-0.15, -0.1) is 0 Å². The molecule has 0 aromatic heterocycles. The summed E-state index contributed by atoms with van der Waals surface area (Å²) in [7, 11) is 0. The maximum atomic E-state index is 13.4. The van der Waals surface area contributed by atoms with E-state index in [0.29, 0.717) is 13.1 Å². The molecule has 3 amide bonds. The highest BCUT2D eigenvalue weighted by atomic mass is 16.6. The topological polar surface area (TPSA) is 87.7 Å². The molecular formula is C25H41N3O4. The molecule has 0 heterocycles. The molecule has 0 aliphatic rings. The minimum absolute atomic E-state index is 0.212. The first kappa shape index (κ1) is 27.5. The third-order valence-electron chi connectivity index (χ3n) is 4.92. The zero-order chi connectivity index (χ0) is 24.3. The van der Waals surface area contributed by atoms with Gasteiger partial charge in [-0.2, -0.15) is 0 Å². The number of carbonyl (C=O) groups excluding carboxylic acids is 3. The highest BCUT2D eigenvalue weighted by molar-refractivity contribution is 5.91. The average Bonchev–Trinajstić information content (AvgIpc) is 2.70. The Morgan fingerprint density at radius 3 is 2.16 bits per heavy atom. The quantitative estimate of drug-likeness (QED) is 0.489. The highest BCUT2D eigenvalue weighted by Crippen LogP contribution is 2.24. The third kappa shape index (κ3) is 9.28. The lowest BCUT2D eigenvalue weighted by atomic mass is 10.0. The van der Waals surface area contributed by atoms with Crippen molar-refractivity contribution in [2.45, 2.75) is 91.8 Å². The fraction of sp³-hybridized carbons (Fsp3) is 0.640. The van der Waals surface area contributed by atoms with E-state index in [2.05, 4.69) is 17.6 Å². The fourth-order valence-electron chi connectivity index (χ4n) is 3.20. The standard InChI is InChI=1S/C25H41N3O4/c1-8-10-16-26-22(29)21(20-14-12-18(3)13-15-20)28(17-11-9-2)23(30)19(4)27-24(31)32-25(5,6)7/h12-15,19,21H,8-11,16-17H2,1-7H3,(H,26,29)(H,27,31). The zero-order valence-electron chi connectivity index (χ0n) is 20.8. The minimum Gasteiger partial charge on any atom is -0.444 e. The van der Waals surface area contributed by atoms with E-state index >= 15 is 0 Å². The van der Waals surface area contributed by atoms with E-state index in [4.69, 9.17) is 4.74 Å². The molecule has 0 spiro atoms. The molecule has 0 radical (unpaired) electrons. The Kier molecular flexibility index (Phi) is 11.2. The van der Waals surface area contributed by atoms with Gasteiger partial charge < -0.3 is 20.3 Å². The second kappa shape index (κ2) is 13.1. The van der Waals surface area contributed by atoms with Crippen LogP contribution in [0.25, 0.3) is 0 Å². The summed E-state index contributed by atoms with van der Waals surface area (Å²) in [5, 5.41) is 5.59. The maximum absolute atomic E-state index is 13.4. The molecule has 0 saturated heterocycles. The monoisotopic (exact) mass is 447 g/mol. The van der Waals surface area contributed by atoms with Gasteiger partial charge in [0.05, 0.1) is 0 Å². The number of hydrogen-bond donors (Lipinski definition) is 2. The molecule has 32 heavy (non-hydrogen) atoms. The van der Waals surface area contributed by atoms with Gasteiger partial charge in [-0.05, 0) is 53.0 Å². The Morgan fingerprint density at radius 1 is 1.03 bits per heavy atom. The first-order valence-corrected chi connectivity index (χ1v) is 11.6. The summed E-state index contributed by atoms with van der Waals surface area (Å²) in [6, 6.07) is 6.04. The van der Waals surface area contributed by atoms with Crippen LogP contribution in [-0.2, 0) is 14.3 Å². The van der Waals surface area contributed by atoms with Crippen molar-refractivity contribution in [3.8, 4) is 0 Å². The SMILES string of the molecule is CCCCNC(=O)C(c1ccc(C)cc1)N(CCCC)C(=O)C(C)NC(=O)OC(C)(C)C. The number of hydrogen-bond acceptors (Lipinski definition) is 4. The normalized spacial score (nSPS) is 13.1. The van der Waals surface area contributed by atoms with Crippen LogP contribution in [0.1, 0.15) is 84.4 Å². The summed E-state index contributed by atoms with van der Waals surface area (Å²) in [4.78, 5) is 40.5.